The van der Waals surface area contributed by atoms with Crippen LogP contribution in [0.1, 0.15) is 22.3 Å². The van der Waals surface area contributed by atoms with E-state index >= 15 is 0 Å². The molecule has 5 nitrogen and oxygen atoms in total. The van der Waals surface area contributed by atoms with Crippen LogP contribution < -0.4 is 9.62 Å². The quantitative estimate of drug-likeness (QED) is 0.907. The van der Waals surface area contributed by atoms with Gasteiger partial charge in [-0.2, -0.15) is 0 Å². The highest BCUT2D eigenvalue weighted by atomic mass is 35.5. The highest BCUT2D eigenvalue weighted by molar-refractivity contribution is 7.93. The highest BCUT2D eigenvalue weighted by Gasteiger charge is 2.28. The summed E-state index contributed by atoms with van der Waals surface area (Å²) >= 11 is 6.16. The van der Waals surface area contributed by atoms with E-state index in [9.17, 15) is 13.2 Å². The minimum absolute atomic E-state index is 0.139. The summed E-state index contributed by atoms with van der Waals surface area (Å²) < 4.78 is 25.5. The number of sulfonamides is 1. The third-order valence-corrected chi connectivity index (χ3v) is 6.17. The van der Waals surface area contributed by atoms with Crippen LogP contribution in [0, 0.1) is 6.92 Å². The number of nitrogens with zero attached hydrogens (tertiary/aromatic N) is 1. The Morgan fingerprint density at radius 2 is 1.96 bits per heavy atom. The summed E-state index contributed by atoms with van der Waals surface area (Å²) in [5.74, 6) is -0.142. The van der Waals surface area contributed by atoms with Crippen LogP contribution in [0.4, 0.5) is 11.4 Å². The average Bonchev–Trinajstić information content (AvgIpc) is 2.89. The maximum absolute atomic E-state index is 12.4. The number of rotatable bonds is 3. The second-order valence-electron chi connectivity index (χ2n) is 5.67. The van der Waals surface area contributed by atoms with Crippen LogP contribution in [0.15, 0.2) is 42.5 Å². The second kappa shape index (κ2) is 6.45. The number of nitrogens with one attached hydrogen (secondary N) is 1. The zero-order valence-corrected chi connectivity index (χ0v) is 14.7. The molecule has 126 valence electrons. The zero-order valence-electron chi connectivity index (χ0n) is 13.1. The average molecular weight is 365 g/mol. The molecule has 1 aliphatic heterocycles. The summed E-state index contributed by atoms with van der Waals surface area (Å²) in [4.78, 5) is 12.4. The maximum atomic E-state index is 12.4. The monoisotopic (exact) mass is 364 g/mol. The van der Waals surface area contributed by atoms with Gasteiger partial charge in [-0.15, -0.1) is 0 Å². The molecule has 7 heteroatoms. The molecule has 0 spiro atoms. The SMILES string of the molecule is Cc1ccccc1C(=O)Nc1cc(N2CCCS2(=O)=O)ccc1Cl. The molecule has 1 fully saturated rings. The fraction of sp³-hybridized carbons (Fsp3) is 0.235. The largest absolute Gasteiger partial charge is 0.321 e. The highest BCUT2D eigenvalue weighted by Crippen LogP contribution is 2.31. The molecule has 0 atom stereocenters. The van der Waals surface area contributed by atoms with E-state index in [2.05, 4.69) is 5.32 Å². The van der Waals surface area contributed by atoms with Gasteiger partial charge in [0.1, 0.15) is 0 Å². The first kappa shape index (κ1) is 16.8. The number of carbonyl (C=O) groups excluding carboxylic acids is 1. The Labute approximate surface area is 146 Å². The van der Waals surface area contributed by atoms with Gasteiger partial charge in [-0.1, -0.05) is 29.8 Å². The topological polar surface area (TPSA) is 66.5 Å². The first-order chi connectivity index (χ1) is 11.4. The summed E-state index contributed by atoms with van der Waals surface area (Å²) in [7, 11) is -3.28. The number of carbonyl (C=O) groups is 1. The van der Waals surface area contributed by atoms with E-state index in [-0.39, 0.29) is 11.7 Å². The first-order valence-electron chi connectivity index (χ1n) is 7.55. The van der Waals surface area contributed by atoms with Gasteiger partial charge in [0, 0.05) is 12.1 Å². The van der Waals surface area contributed by atoms with Gasteiger partial charge in [0.05, 0.1) is 22.2 Å². The molecule has 2 aromatic rings. The van der Waals surface area contributed by atoms with Gasteiger partial charge < -0.3 is 5.32 Å². The van der Waals surface area contributed by atoms with Crippen LogP contribution in [0.3, 0.4) is 0 Å². The minimum Gasteiger partial charge on any atom is -0.321 e. The van der Waals surface area contributed by atoms with Crippen molar-refractivity contribution in [2.24, 2.45) is 0 Å². The van der Waals surface area contributed by atoms with Crippen molar-refractivity contribution in [3.05, 3.63) is 58.6 Å². The van der Waals surface area contributed by atoms with Crippen molar-refractivity contribution < 1.29 is 13.2 Å². The summed E-state index contributed by atoms with van der Waals surface area (Å²) in [6, 6.07) is 12.1. The molecule has 1 aliphatic rings. The zero-order chi connectivity index (χ0) is 17.3. The summed E-state index contributed by atoms with van der Waals surface area (Å²) in [5, 5.41) is 3.12. The van der Waals surface area contributed by atoms with Gasteiger partial charge in [-0.05, 0) is 43.2 Å². The lowest BCUT2D eigenvalue weighted by molar-refractivity contribution is 0.102. The fourth-order valence-electron chi connectivity index (χ4n) is 2.71. The Morgan fingerprint density at radius 3 is 2.62 bits per heavy atom. The number of benzene rings is 2. The van der Waals surface area contributed by atoms with E-state index in [0.29, 0.717) is 34.9 Å². The second-order valence-corrected chi connectivity index (χ2v) is 8.09. The molecule has 1 amide bonds. The first-order valence-corrected chi connectivity index (χ1v) is 9.54. The van der Waals surface area contributed by atoms with Gasteiger partial charge in [0.25, 0.3) is 5.91 Å². The molecule has 0 saturated carbocycles. The third kappa shape index (κ3) is 3.25. The lowest BCUT2D eigenvalue weighted by Gasteiger charge is -2.18. The molecule has 0 bridgehead atoms. The number of amides is 1. The van der Waals surface area contributed by atoms with Crippen molar-refractivity contribution >= 4 is 38.9 Å². The van der Waals surface area contributed by atoms with Gasteiger partial charge in [0.2, 0.25) is 10.0 Å². The van der Waals surface area contributed by atoms with Crippen molar-refractivity contribution in [3.63, 3.8) is 0 Å². The smallest absolute Gasteiger partial charge is 0.255 e. The van der Waals surface area contributed by atoms with Crippen LogP contribution in [0.25, 0.3) is 0 Å². The number of hydrogen-bond acceptors (Lipinski definition) is 3. The van der Waals surface area contributed by atoms with E-state index < -0.39 is 10.0 Å². The van der Waals surface area contributed by atoms with Crippen molar-refractivity contribution in [2.45, 2.75) is 13.3 Å². The molecule has 0 aliphatic carbocycles. The van der Waals surface area contributed by atoms with Gasteiger partial charge >= 0.3 is 0 Å². The standard InChI is InChI=1S/C17H17ClN2O3S/c1-12-5-2-3-6-14(12)17(21)19-16-11-13(7-8-15(16)18)20-9-4-10-24(20,22)23/h2-3,5-8,11H,4,9-10H2,1H3,(H,19,21). The molecule has 0 unspecified atom stereocenters. The molecule has 3 rings (SSSR count). The van der Waals surface area contributed by atoms with Gasteiger partial charge in [0.15, 0.2) is 0 Å². The van der Waals surface area contributed by atoms with E-state index in [1.807, 2.05) is 19.1 Å². The Kier molecular flexibility index (Phi) is 4.51. The molecule has 1 saturated heterocycles. The number of aryl methyl sites for hydroxylation is 1. The fourth-order valence-corrected chi connectivity index (χ4v) is 4.43. The molecule has 0 aromatic heterocycles. The van der Waals surface area contributed by atoms with Crippen molar-refractivity contribution in [3.8, 4) is 0 Å². The molecule has 1 N–H and O–H groups in total. The third-order valence-electron chi connectivity index (χ3n) is 3.98. The van der Waals surface area contributed by atoms with E-state index in [1.54, 1.807) is 30.3 Å². The molecule has 24 heavy (non-hydrogen) atoms. The summed E-state index contributed by atoms with van der Waals surface area (Å²) in [6.07, 6.45) is 0.593. The molecule has 1 heterocycles. The Hall–Kier alpha value is -2.05. The van der Waals surface area contributed by atoms with Crippen molar-refractivity contribution in [1.29, 1.82) is 0 Å². The normalized spacial score (nSPS) is 16.2. The van der Waals surface area contributed by atoms with E-state index in [4.69, 9.17) is 11.6 Å². The predicted octanol–water partition coefficient (Wildman–Crippen LogP) is 3.44. The van der Waals surface area contributed by atoms with Crippen LogP contribution in [0.5, 0.6) is 0 Å². The molecular weight excluding hydrogens is 348 g/mol. The molecular formula is C17H17ClN2O3S. The predicted molar refractivity (Wildman–Crippen MR) is 96.3 cm³/mol. The Morgan fingerprint density at radius 1 is 1.21 bits per heavy atom. The van der Waals surface area contributed by atoms with Gasteiger partial charge in [-0.3, -0.25) is 9.10 Å². The lowest BCUT2D eigenvalue weighted by Crippen LogP contribution is -2.25. The van der Waals surface area contributed by atoms with Gasteiger partial charge in [-0.25, -0.2) is 8.42 Å². The number of hydrogen-bond donors (Lipinski definition) is 1. The van der Waals surface area contributed by atoms with Crippen LogP contribution in [0.2, 0.25) is 5.02 Å². The van der Waals surface area contributed by atoms with Crippen molar-refractivity contribution in [1.82, 2.24) is 0 Å². The number of anilines is 2. The van der Waals surface area contributed by atoms with Crippen LogP contribution in [-0.2, 0) is 10.0 Å². The summed E-state index contributed by atoms with van der Waals surface area (Å²) in [5.41, 5.74) is 2.30. The van der Waals surface area contributed by atoms with E-state index in [1.165, 1.54) is 4.31 Å². The Bertz CT molecular complexity index is 896. The Balaban J connectivity index is 1.90. The molecule has 2 aromatic carbocycles. The minimum atomic E-state index is -3.28. The van der Waals surface area contributed by atoms with Crippen LogP contribution in [-0.4, -0.2) is 26.6 Å². The lowest BCUT2D eigenvalue weighted by atomic mass is 10.1. The van der Waals surface area contributed by atoms with E-state index in [0.717, 1.165) is 5.56 Å². The number of halogens is 1. The molecule has 0 radical (unpaired) electrons. The summed E-state index contributed by atoms with van der Waals surface area (Å²) in [6.45, 7) is 2.29. The maximum Gasteiger partial charge on any atom is 0.255 e. The van der Waals surface area contributed by atoms with Crippen LogP contribution >= 0.6 is 11.6 Å². The van der Waals surface area contributed by atoms with Crippen molar-refractivity contribution in [2.75, 3.05) is 21.9 Å².